The van der Waals surface area contributed by atoms with E-state index in [1.807, 2.05) is 24.3 Å². The first-order chi connectivity index (χ1) is 11.7. The zero-order valence-electron chi connectivity index (χ0n) is 15.2. The zero-order chi connectivity index (χ0) is 17.2. The third kappa shape index (κ3) is 8.53. The first-order valence-electron chi connectivity index (χ1n) is 8.71. The minimum atomic E-state index is -0.0599. The number of likely N-dealkylation sites (tertiary alicyclic amines) is 1. The van der Waals surface area contributed by atoms with Gasteiger partial charge in [-0.15, -0.1) is 24.0 Å². The number of benzene rings is 1. The van der Waals surface area contributed by atoms with E-state index in [1.165, 1.54) is 39.3 Å². The molecule has 1 aromatic rings. The van der Waals surface area contributed by atoms with Gasteiger partial charge in [-0.25, -0.2) is 0 Å². The Bertz CT molecular complexity index is 558. The molecule has 7 heteroatoms. The summed E-state index contributed by atoms with van der Waals surface area (Å²) in [7, 11) is 1.78. The summed E-state index contributed by atoms with van der Waals surface area (Å²) in [6.45, 7) is 6.55. The molecule has 1 heterocycles. The number of aliphatic imine (C=N–C) groups is 1. The number of guanidine groups is 1. The summed E-state index contributed by atoms with van der Waals surface area (Å²) in [5.74, 6) is 0.743. The van der Waals surface area contributed by atoms with E-state index in [9.17, 15) is 4.79 Å². The van der Waals surface area contributed by atoms with Crippen LogP contribution in [-0.4, -0.2) is 50.0 Å². The van der Waals surface area contributed by atoms with Crippen molar-refractivity contribution in [3.8, 4) is 0 Å². The SMILES string of the molecule is CN=C(NCCN1CCCCC1)NCc1cccc(NC(C)=O)c1.I. The van der Waals surface area contributed by atoms with Crippen molar-refractivity contribution in [3.05, 3.63) is 29.8 Å². The molecule has 1 saturated heterocycles. The molecule has 1 aliphatic rings. The topological polar surface area (TPSA) is 68.8 Å². The monoisotopic (exact) mass is 459 g/mol. The molecule has 140 valence electrons. The van der Waals surface area contributed by atoms with Crippen LogP contribution in [0, 0.1) is 0 Å². The van der Waals surface area contributed by atoms with E-state index in [1.54, 1.807) is 7.05 Å². The largest absolute Gasteiger partial charge is 0.355 e. The lowest BCUT2D eigenvalue weighted by atomic mass is 10.1. The van der Waals surface area contributed by atoms with E-state index in [-0.39, 0.29) is 29.9 Å². The molecular weight excluding hydrogens is 429 g/mol. The van der Waals surface area contributed by atoms with Crippen molar-refractivity contribution in [2.75, 3.05) is 38.5 Å². The van der Waals surface area contributed by atoms with Crippen LogP contribution in [0.3, 0.4) is 0 Å². The maximum absolute atomic E-state index is 11.1. The summed E-state index contributed by atoms with van der Waals surface area (Å²) in [6.07, 6.45) is 4.00. The molecule has 0 bridgehead atoms. The van der Waals surface area contributed by atoms with Gasteiger partial charge in [-0.2, -0.15) is 0 Å². The van der Waals surface area contributed by atoms with Crippen molar-refractivity contribution in [2.24, 2.45) is 4.99 Å². The number of hydrogen-bond acceptors (Lipinski definition) is 3. The van der Waals surface area contributed by atoms with Gasteiger partial charge in [0.15, 0.2) is 5.96 Å². The van der Waals surface area contributed by atoms with E-state index in [0.717, 1.165) is 30.3 Å². The van der Waals surface area contributed by atoms with Crippen LogP contribution in [0.15, 0.2) is 29.3 Å². The molecule has 0 saturated carbocycles. The lowest BCUT2D eigenvalue weighted by Crippen LogP contribution is -2.42. The van der Waals surface area contributed by atoms with Gasteiger partial charge in [0.2, 0.25) is 5.91 Å². The minimum absolute atomic E-state index is 0. The first-order valence-corrected chi connectivity index (χ1v) is 8.71. The number of carbonyl (C=O) groups is 1. The molecule has 1 aliphatic heterocycles. The summed E-state index contributed by atoms with van der Waals surface area (Å²) in [6, 6.07) is 7.82. The Balaban J connectivity index is 0.00000312. The van der Waals surface area contributed by atoms with E-state index in [2.05, 4.69) is 25.8 Å². The number of rotatable bonds is 6. The fourth-order valence-electron chi connectivity index (χ4n) is 2.88. The Morgan fingerprint density at radius 3 is 2.64 bits per heavy atom. The standard InChI is InChI=1S/C18H29N5O.HI/c1-15(24)22-17-8-6-7-16(13-17)14-21-18(19-2)20-9-12-23-10-4-3-5-11-23;/h6-8,13H,3-5,9-12,14H2,1-2H3,(H,22,24)(H2,19,20,21);1H. The van der Waals surface area contributed by atoms with Gasteiger partial charge in [0, 0.05) is 39.3 Å². The van der Waals surface area contributed by atoms with Crippen molar-refractivity contribution in [3.63, 3.8) is 0 Å². The number of carbonyl (C=O) groups excluding carboxylic acids is 1. The Labute approximate surface area is 167 Å². The summed E-state index contributed by atoms with van der Waals surface area (Å²) >= 11 is 0. The quantitative estimate of drug-likeness (QED) is 0.347. The number of piperidine rings is 1. The molecule has 0 spiro atoms. The summed E-state index contributed by atoms with van der Waals surface area (Å²) < 4.78 is 0. The molecule has 25 heavy (non-hydrogen) atoms. The van der Waals surface area contributed by atoms with Gasteiger partial charge in [-0.1, -0.05) is 18.6 Å². The van der Waals surface area contributed by atoms with E-state index >= 15 is 0 Å². The van der Waals surface area contributed by atoms with Crippen molar-refractivity contribution < 1.29 is 4.79 Å². The van der Waals surface area contributed by atoms with Crippen LogP contribution in [0.2, 0.25) is 0 Å². The fraction of sp³-hybridized carbons (Fsp3) is 0.556. The Hall–Kier alpha value is -1.35. The van der Waals surface area contributed by atoms with Gasteiger partial charge in [0.25, 0.3) is 0 Å². The van der Waals surface area contributed by atoms with E-state index in [0.29, 0.717) is 6.54 Å². The van der Waals surface area contributed by atoms with Crippen LogP contribution in [0.4, 0.5) is 5.69 Å². The first kappa shape index (κ1) is 21.7. The predicted octanol–water partition coefficient (Wildman–Crippen LogP) is 2.41. The van der Waals surface area contributed by atoms with Gasteiger partial charge in [0.05, 0.1) is 0 Å². The molecule has 0 aliphatic carbocycles. The second-order valence-corrected chi connectivity index (χ2v) is 6.14. The predicted molar refractivity (Wildman–Crippen MR) is 115 cm³/mol. The van der Waals surface area contributed by atoms with Gasteiger partial charge >= 0.3 is 0 Å². The number of nitrogens with zero attached hydrogens (tertiary/aromatic N) is 2. The molecule has 3 N–H and O–H groups in total. The highest BCUT2D eigenvalue weighted by molar-refractivity contribution is 14.0. The van der Waals surface area contributed by atoms with E-state index in [4.69, 9.17) is 0 Å². The normalized spacial score (nSPS) is 15.2. The third-order valence-electron chi connectivity index (χ3n) is 4.10. The molecule has 0 radical (unpaired) electrons. The molecule has 0 unspecified atom stereocenters. The van der Waals surface area contributed by atoms with Crippen molar-refractivity contribution in [2.45, 2.75) is 32.7 Å². The lowest BCUT2D eigenvalue weighted by Gasteiger charge is -2.26. The van der Waals surface area contributed by atoms with Crippen molar-refractivity contribution in [1.29, 1.82) is 0 Å². The number of anilines is 1. The summed E-state index contributed by atoms with van der Waals surface area (Å²) in [4.78, 5) is 17.9. The smallest absolute Gasteiger partial charge is 0.221 e. The summed E-state index contributed by atoms with van der Waals surface area (Å²) in [5, 5.41) is 9.47. The Morgan fingerprint density at radius 2 is 1.96 bits per heavy atom. The average molecular weight is 459 g/mol. The van der Waals surface area contributed by atoms with Crippen LogP contribution in [0.5, 0.6) is 0 Å². The number of hydrogen-bond donors (Lipinski definition) is 3. The fourth-order valence-corrected chi connectivity index (χ4v) is 2.88. The van der Waals surface area contributed by atoms with Crippen LogP contribution in [0.25, 0.3) is 0 Å². The van der Waals surface area contributed by atoms with Crippen LogP contribution in [0.1, 0.15) is 31.7 Å². The molecule has 1 amide bonds. The molecule has 0 aromatic heterocycles. The lowest BCUT2D eigenvalue weighted by molar-refractivity contribution is -0.114. The van der Waals surface area contributed by atoms with Gasteiger partial charge in [-0.3, -0.25) is 9.79 Å². The van der Waals surface area contributed by atoms with E-state index < -0.39 is 0 Å². The number of nitrogens with one attached hydrogen (secondary N) is 3. The molecular formula is C18H30IN5O. The molecule has 0 atom stereocenters. The molecule has 1 fully saturated rings. The highest BCUT2D eigenvalue weighted by atomic mass is 127. The maximum atomic E-state index is 11.1. The zero-order valence-corrected chi connectivity index (χ0v) is 17.5. The second-order valence-electron chi connectivity index (χ2n) is 6.14. The van der Waals surface area contributed by atoms with Crippen LogP contribution in [-0.2, 0) is 11.3 Å². The van der Waals surface area contributed by atoms with Crippen LogP contribution >= 0.6 is 24.0 Å². The second kappa shape index (κ2) is 12.1. The highest BCUT2D eigenvalue weighted by Gasteiger charge is 2.09. The Kier molecular flexibility index (Phi) is 10.5. The Morgan fingerprint density at radius 1 is 1.20 bits per heavy atom. The average Bonchev–Trinajstić information content (AvgIpc) is 2.58. The van der Waals surface area contributed by atoms with Crippen LogP contribution < -0.4 is 16.0 Å². The summed E-state index contributed by atoms with van der Waals surface area (Å²) in [5.41, 5.74) is 1.91. The maximum Gasteiger partial charge on any atom is 0.221 e. The molecule has 2 rings (SSSR count). The van der Waals surface area contributed by atoms with Gasteiger partial charge in [-0.05, 0) is 43.6 Å². The van der Waals surface area contributed by atoms with Gasteiger partial charge < -0.3 is 20.9 Å². The van der Waals surface area contributed by atoms with Crippen molar-refractivity contribution in [1.82, 2.24) is 15.5 Å². The van der Waals surface area contributed by atoms with Crippen molar-refractivity contribution >= 4 is 41.5 Å². The number of halogens is 1. The molecule has 1 aromatic carbocycles. The third-order valence-corrected chi connectivity index (χ3v) is 4.10. The minimum Gasteiger partial charge on any atom is -0.355 e. The molecule has 6 nitrogen and oxygen atoms in total. The number of amides is 1. The highest BCUT2D eigenvalue weighted by Crippen LogP contribution is 2.10. The van der Waals surface area contributed by atoms with Gasteiger partial charge in [0.1, 0.15) is 0 Å².